The Labute approximate surface area is 80.4 Å². The third-order valence-corrected chi connectivity index (χ3v) is 2.08. The molecule has 0 aliphatic heterocycles. The molecular weight excluding hydrogens is 180 g/mol. The average Bonchev–Trinajstić information content (AvgIpc) is 2.47. The lowest BCUT2D eigenvalue weighted by molar-refractivity contribution is 0.100. The van der Waals surface area contributed by atoms with E-state index in [0.717, 1.165) is 11.2 Å². The van der Waals surface area contributed by atoms with E-state index >= 15 is 0 Å². The first-order valence-corrected chi connectivity index (χ1v) is 4.21. The minimum absolute atomic E-state index is 0.411. The highest BCUT2D eigenvalue weighted by Crippen LogP contribution is 2.17. The van der Waals surface area contributed by atoms with Gasteiger partial charge in [0.2, 0.25) is 0 Å². The van der Waals surface area contributed by atoms with Crippen LogP contribution >= 0.6 is 0 Å². The molecule has 0 aliphatic carbocycles. The summed E-state index contributed by atoms with van der Waals surface area (Å²) in [6.45, 7) is 3.64. The molecule has 5 nitrogen and oxygen atoms in total. The third kappa shape index (κ3) is 1.14. The summed E-state index contributed by atoms with van der Waals surface area (Å²) >= 11 is 0. The molecule has 2 rings (SSSR count). The van der Waals surface area contributed by atoms with Gasteiger partial charge < -0.3 is 10.7 Å². The first kappa shape index (κ1) is 8.68. The topological polar surface area (TPSA) is 84.7 Å². The molecule has 14 heavy (non-hydrogen) atoms. The molecule has 3 N–H and O–H groups in total. The number of fused-ring (bicyclic) bond motifs is 1. The van der Waals surface area contributed by atoms with Crippen LogP contribution in [0.4, 0.5) is 0 Å². The standard InChI is InChI=1S/C9H10N4O/c1-4-7-8(13-5(2)12-4)6(3-11-7)9(10)14/h3,11H,1-2H3,(H2,10,14). The van der Waals surface area contributed by atoms with Gasteiger partial charge in [0.05, 0.1) is 16.8 Å². The van der Waals surface area contributed by atoms with Crippen LogP contribution in [-0.2, 0) is 0 Å². The van der Waals surface area contributed by atoms with Gasteiger partial charge in [-0.1, -0.05) is 0 Å². The first-order valence-electron chi connectivity index (χ1n) is 4.21. The summed E-state index contributed by atoms with van der Waals surface area (Å²) < 4.78 is 0. The van der Waals surface area contributed by atoms with Crippen molar-refractivity contribution >= 4 is 16.9 Å². The molecule has 0 saturated heterocycles. The summed E-state index contributed by atoms with van der Waals surface area (Å²) in [6, 6.07) is 0. The fourth-order valence-electron chi connectivity index (χ4n) is 1.48. The molecule has 2 aromatic heterocycles. The zero-order chi connectivity index (χ0) is 10.3. The number of carbonyl (C=O) groups is 1. The number of aromatic amines is 1. The third-order valence-electron chi connectivity index (χ3n) is 2.08. The van der Waals surface area contributed by atoms with Crippen LogP contribution in [-0.4, -0.2) is 20.9 Å². The van der Waals surface area contributed by atoms with E-state index in [-0.39, 0.29) is 0 Å². The highest BCUT2D eigenvalue weighted by molar-refractivity contribution is 6.04. The number of carbonyl (C=O) groups excluding carboxylic acids is 1. The Balaban J connectivity index is 2.85. The Bertz CT molecular complexity index is 515. The van der Waals surface area contributed by atoms with Crippen LogP contribution in [0, 0.1) is 13.8 Å². The predicted molar refractivity (Wildman–Crippen MR) is 51.9 cm³/mol. The molecule has 72 valence electrons. The SMILES string of the molecule is Cc1nc(C)c2[nH]cc(C(N)=O)c2n1. The van der Waals surface area contributed by atoms with Crippen LogP contribution < -0.4 is 5.73 Å². The Kier molecular flexibility index (Phi) is 1.73. The smallest absolute Gasteiger partial charge is 0.252 e. The lowest BCUT2D eigenvalue weighted by Gasteiger charge is -1.97. The average molecular weight is 190 g/mol. The number of nitrogens with zero attached hydrogens (tertiary/aromatic N) is 2. The van der Waals surface area contributed by atoms with Crippen molar-refractivity contribution in [3.8, 4) is 0 Å². The van der Waals surface area contributed by atoms with E-state index in [1.807, 2.05) is 6.92 Å². The lowest BCUT2D eigenvalue weighted by Crippen LogP contribution is -2.10. The van der Waals surface area contributed by atoms with Crippen molar-refractivity contribution in [2.75, 3.05) is 0 Å². The van der Waals surface area contributed by atoms with E-state index in [1.54, 1.807) is 13.1 Å². The summed E-state index contributed by atoms with van der Waals surface area (Å²) in [5.41, 5.74) is 7.80. The van der Waals surface area contributed by atoms with Crippen LogP contribution in [0.2, 0.25) is 0 Å². The maximum atomic E-state index is 11.0. The van der Waals surface area contributed by atoms with Crippen molar-refractivity contribution in [3.63, 3.8) is 0 Å². The maximum Gasteiger partial charge on any atom is 0.252 e. The summed E-state index contributed by atoms with van der Waals surface area (Å²) in [6.07, 6.45) is 1.56. The van der Waals surface area contributed by atoms with E-state index in [2.05, 4.69) is 15.0 Å². The van der Waals surface area contributed by atoms with E-state index < -0.39 is 5.91 Å². The number of aryl methyl sites for hydroxylation is 2. The van der Waals surface area contributed by atoms with Gasteiger partial charge in [-0.3, -0.25) is 4.79 Å². The van der Waals surface area contributed by atoms with E-state index in [0.29, 0.717) is 16.9 Å². The highest BCUT2D eigenvalue weighted by atomic mass is 16.1. The monoisotopic (exact) mass is 190 g/mol. The summed E-state index contributed by atoms with van der Waals surface area (Å²) in [5.74, 6) is 0.158. The second-order valence-corrected chi connectivity index (χ2v) is 3.15. The molecule has 0 aliphatic rings. The zero-order valence-electron chi connectivity index (χ0n) is 7.96. The van der Waals surface area contributed by atoms with Gasteiger partial charge in [0.1, 0.15) is 11.3 Å². The minimum atomic E-state index is -0.478. The summed E-state index contributed by atoms with van der Waals surface area (Å²) in [4.78, 5) is 22.3. The number of hydrogen-bond acceptors (Lipinski definition) is 3. The largest absolute Gasteiger partial charge is 0.365 e. The number of hydrogen-bond donors (Lipinski definition) is 2. The van der Waals surface area contributed by atoms with Crippen molar-refractivity contribution in [2.45, 2.75) is 13.8 Å². The number of nitrogens with two attached hydrogens (primary N) is 1. The van der Waals surface area contributed by atoms with Gasteiger partial charge in [0.15, 0.2) is 0 Å². The van der Waals surface area contributed by atoms with Crippen molar-refractivity contribution in [3.05, 3.63) is 23.3 Å². The quantitative estimate of drug-likeness (QED) is 0.693. The van der Waals surface area contributed by atoms with Gasteiger partial charge in [-0.15, -0.1) is 0 Å². The fraction of sp³-hybridized carbons (Fsp3) is 0.222. The molecule has 2 heterocycles. The molecule has 0 bridgehead atoms. The van der Waals surface area contributed by atoms with Gasteiger partial charge >= 0.3 is 0 Å². The van der Waals surface area contributed by atoms with Gasteiger partial charge in [0, 0.05) is 6.20 Å². The fourth-order valence-corrected chi connectivity index (χ4v) is 1.48. The van der Waals surface area contributed by atoms with E-state index in [4.69, 9.17) is 5.73 Å². The zero-order valence-corrected chi connectivity index (χ0v) is 7.96. The maximum absolute atomic E-state index is 11.0. The number of amides is 1. The molecule has 0 saturated carbocycles. The van der Waals surface area contributed by atoms with E-state index in [1.165, 1.54) is 0 Å². The minimum Gasteiger partial charge on any atom is -0.365 e. The molecule has 0 radical (unpaired) electrons. The van der Waals surface area contributed by atoms with Gasteiger partial charge in [-0.2, -0.15) is 0 Å². The second-order valence-electron chi connectivity index (χ2n) is 3.15. The molecule has 0 unspecified atom stereocenters. The van der Waals surface area contributed by atoms with Gasteiger partial charge in [0.25, 0.3) is 5.91 Å². The number of H-pyrrole nitrogens is 1. The normalized spacial score (nSPS) is 10.7. The Morgan fingerprint density at radius 3 is 2.79 bits per heavy atom. The molecule has 0 aromatic carbocycles. The molecule has 0 atom stereocenters. The number of aromatic nitrogens is 3. The van der Waals surface area contributed by atoms with Crippen molar-refractivity contribution < 1.29 is 4.79 Å². The van der Waals surface area contributed by atoms with Crippen molar-refractivity contribution in [1.82, 2.24) is 15.0 Å². The molecule has 5 heteroatoms. The lowest BCUT2D eigenvalue weighted by atomic mass is 10.2. The van der Waals surface area contributed by atoms with Crippen LogP contribution in [0.5, 0.6) is 0 Å². The highest BCUT2D eigenvalue weighted by Gasteiger charge is 2.12. The Morgan fingerprint density at radius 2 is 2.14 bits per heavy atom. The number of rotatable bonds is 1. The second kappa shape index (κ2) is 2.80. The number of nitrogens with one attached hydrogen (secondary N) is 1. The molecule has 0 fully saturated rings. The van der Waals surface area contributed by atoms with Crippen LogP contribution in [0.15, 0.2) is 6.20 Å². The predicted octanol–water partition coefficient (Wildman–Crippen LogP) is 0.674. The molecular formula is C9H10N4O. The molecule has 2 aromatic rings. The van der Waals surface area contributed by atoms with Crippen LogP contribution in [0.3, 0.4) is 0 Å². The van der Waals surface area contributed by atoms with Crippen molar-refractivity contribution in [1.29, 1.82) is 0 Å². The van der Waals surface area contributed by atoms with Gasteiger partial charge in [-0.25, -0.2) is 9.97 Å². The Morgan fingerprint density at radius 1 is 1.43 bits per heavy atom. The van der Waals surface area contributed by atoms with Crippen LogP contribution in [0.25, 0.3) is 11.0 Å². The number of primary amides is 1. The Hall–Kier alpha value is -1.91. The molecule has 1 amide bonds. The van der Waals surface area contributed by atoms with Crippen LogP contribution in [0.1, 0.15) is 21.9 Å². The summed E-state index contributed by atoms with van der Waals surface area (Å²) in [7, 11) is 0. The first-order chi connectivity index (χ1) is 6.59. The summed E-state index contributed by atoms with van der Waals surface area (Å²) in [5, 5.41) is 0. The van der Waals surface area contributed by atoms with E-state index in [9.17, 15) is 4.79 Å². The van der Waals surface area contributed by atoms with Gasteiger partial charge in [-0.05, 0) is 13.8 Å². The molecule has 0 spiro atoms. The van der Waals surface area contributed by atoms with Crippen molar-refractivity contribution in [2.24, 2.45) is 5.73 Å².